The first-order valence-electron chi connectivity index (χ1n) is 5.32. The summed E-state index contributed by atoms with van der Waals surface area (Å²) in [7, 11) is 0. The predicted molar refractivity (Wildman–Crippen MR) is 61.2 cm³/mol. The Morgan fingerprint density at radius 2 is 2.07 bits per heavy atom. The molecule has 1 aromatic carbocycles. The van der Waals surface area contributed by atoms with Crippen LogP contribution in [0.25, 0.3) is 6.08 Å². The average Bonchev–Trinajstić information content (AvgIpc) is 2.25. The Kier molecular flexibility index (Phi) is 2.86. The van der Waals surface area contributed by atoms with E-state index in [1.807, 2.05) is 36.4 Å². The van der Waals surface area contributed by atoms with Gasteiger partial charge in [-0.25, -0.2) is 0 Å². The second kappa shape index (κ2) is 4.30. The second-order valence-corrected chi connectivity index (χ2v) is 3.96. The third kappa shape index (κ3) is 2.27. The SMILES string of the molecule is CC1CCNC(=O)/C1=C/c1ccccc1. The van der Waals surface area contributed by atoms with Crippen molar-refractivity contribution in [2.24, 2.45) is 5.92 Å². The van der Waals surface area contributed by atoms with Crippen molar-refractivity contribution in [1.82, 2.24) is 5.32 Å². The first-order chi connectivity index (χ1) is 7.27. The summed E-state index contributed by atoms with van der Waals surface area (Å²) >= 11 is 0. The van der Waals surface area contributed by atoms with Crippen LogP contribution in [0.5, 0.6) is 0 Å². The van der Waals surface area contributed by atoms with Gasteiger partial charge >= 0.3 is 0 Å². The molecule has 0 aliphatic carbocycles. The van der Waals surface area contributed by atoms with E-state index in [1.165, 1.54) is 0 Å². The van der Waals surface area contributed by atoms with Crippen molar-refractivity contribution in [3.63, 3.8) is 0 Å². The van der Waals surface area contributed by atoms with Crippen LogP contribution in [0.15, 0.2) is 35.9 Å². The van der Waals surface area contributed by atoms with Crippen LogP contribution in [0.4, 0.5) is 0 Å². The zero-order valence-electron chi connectivity index (χ0n) is 8.86. The van der Waals surface area contributed by atoms with Crippen LogP contribution >= 0.6 is 0 Å². The van der Waals surface area contributed by atoms with Gasteiger partial charge in [0.15, 0.2) is 0 Å². The van der Waals surface area contributed by atoms with Crippen molar-refractivity contribution in [1.29, 1.82) is 0 Å². The number of carbonyl (C=O) groups is 1. The first-order valence-corrected chi connectivity index (χ1v) is 5.32. The number of carbonyl (C=O) groups excluding carboxylic acids is 1. The van der Waals surface area contributed by atoms with E-state index >= 15 is 0 Å². The minimum Gasteiger partial charge on any atom is -0.352 e. The van der Waals surface area contributed by atoms with Gasteiger partial charge in [-0.05, 0) is 24.0 Å². The Balaban J connectivity index is 2.28. The summed E-state index contributed by atoms with van der Waals surface area (Å²) in [4.78, 5) is 11.6. The quantitative estimate of drug-likeness (QED) is 0.693. The summed E-state index contributed by atoms with van der Waals surface area (Å²) in [6.45, 7) is 2.90. The van der Waals surface area contributed by atoms with E-state index < -0.39 is 0 Å². The number of benzene rings is 1. The molecule has 1 aliphatic rings. The Morgan fingerprint density at radius 3 is 2.73 bits per heavy atom. The van der Waals surface area contributed by atoms with E-state index in [9.17, 15) is 4.79 Å². The van der Waals surface area contributed by atoms with Gasteiger partial charge in [-0.3, -0.25) is 4.79 Å². The molecule has 1 fully saturated rings. The van der Waals surface area contributed by atoms with Crippen molar-refractivity contribution in [2.75, 3.05) is 6.54 Å². The number of hydrogen-bond donors (Lipinski definition) is 1. The lowest BCUT2D eigenvalue weighted by Crippen LogP contribution is -2.34. The molecule has 0 aromatic heterocycles. The van der Waals surface area contributed by atoms with E-state index in [0.717, 1.165) is 24.1 Å². The van der Waals surface area contributed by atoms with E-state index in [0.29, 0.717) is 5.92 Å². The maximum atomic E-state index is 11.6. The minimum atomic E-state index is 0.0811. The van der Waals surface area contributed by atoms with Crippen LogP contribution in [-0.2, 0) is 4.79 Å². The summed E-state index contributed by atoms with van der Waals surface area (Å²) in [6, 6.07) is 9.98. The van der Waals surface area contributed by atoms with Crippen LogP contribution in [0.3, 0.4) is 0 Å². The normalized spacial score (nSPS) is 23.9. The Morgan fingerprint density at radius 1 is 1.33 bits per heavy atom. The molecule has 1 aromatic rings. The van der Waals surface area contributed by atoms with E-state index in [-0.39, 0.29) is 5.91 Å². The van der Waals surface area contributed by atoms with Gasteiger partial charge < -0.3 is 5.32 Å². The number of nitrogens with one attached hydrogen (secondary N) is 1. The van der Waals surface area contributed by atoms with Crippen molar-refractivity contribution in [3.05, 3.63) is 41.5 Å². The van der Waals surface area contributed by atoms with Crippen LogP contribution in [0.2, 0.25) is 0 Å². The lowest BCUT2D eigenvalue weighted by molar-refractivity contribution is -0.118. The molecule has 2 rings (SSSR count). The van der Waals surface area contributed by atoms with Gasteiger partial charge in [0.2, 0.25) is 5.91 Å². The summed E-state index contributed by atoms with van der Waals surface area (Å²) in [5.74, 6) is 0.441. The third-order valence-electron chi connectivity index (χ3n) is 2.78. The highest BCUT2D eigenvalue weighted by molar-refractivity contribution is 5.98. The van der Waals surface area contributed by atoms with Crippen molar-refractivity contribution in [3.8, 4) is 0 Å². The molecule has 0 radical (unpaired) electrons. The zero-order valence-corrected chi connectivity index (χ0v) is 8.86. The Bertz CT molecular complexity index is 381. The maximum absolute atomic E-state index is 11.6. The van der Waals surface area contributed by atoms with Gasteiger partial charge in [-0.1, -0.05) is 37.3 Å². The summed E-state index contributed by atoms with van der Waals surface area (Å²) < 4.78 is 0. The highest BCUT2D eigenvalue weighted by atomic mass is 16.1. The van der Waals surface area contributed by atoms with Gasteiger partial charge in [-0.15, -0.1) is 0 Å². The Hall–Kier alpha value is -1.57. The van der Waals surface area contributed by atoms with E-state index in [1.54, 1.807) is 0 Å². The lowest BCUT2D eigenvalue weighted by atomic mass is 9.92. The molecule has 0 bridgehead atoms. The molecule has 15 heavy (non-hydrogen) atoms. The van der Waals surface area contributed by atoms with E-state index in [2.05, 4.69) is 12.2 Å². The molecule has 1 unspecified atom stereocenters. The highest BCUT2D eigenvalue weighted by Crippen LogP contribution is 2.21. The maximum Gasteiger partial charge on any atom is 0.247 e. The third-order valence-corrected chi connectivity index (χ3v) is 2.78. The van der Waals surface area contributed by atoms with Gasteiger partial charge in [0.25, 0.3) is 0 Å². The van der Waals surface area contributed by atoms with Crippen molar-refractivity contribution < 1.29 is 4.79 Å². The fraction of sp³-hybridized carbons (Fsp3) is 0.308. The number of rotatable bonds is 1. The molecular formula is C13H15NO. The minimum absolute atomic E-state index is 0.0811. The molecule has 1 amide bonds. The molecule has 1 heterocycles. The first kappa shape index (κ1) is 9.97. The molecule has 0 spiro atoms. The lowest BCUT2D eigenvalue weighted by Gasteiger charge is -2.21. The number of piperidine rings is 1. The topological polar surface area (TPSA) is 29.1 Å². The summed E-state index contributed by atoms with van der Waals surface area (Å²) in [6.07, 6.45) is 3.02. The molecule has 78 valence electrons. The predicted octanol–water partition coefficient (Wildman–Crippen LogP) is 2.23. The molecule has 2 heteroatoms. The fourth-order valence-corrected chi connectivity index (χ4v) is 1.82. The molecule has 1 atom stereocenters. The second-order valence-electron chi connectivity index (χ2n) is 3.96. The molecular weight excluding hydrogens is 186 g/mol. The summed E-state index contributed by atoms with van der Waals surface area (Å²) in [5.41, 5.74) is 1.99. The van der Waals surface area contributed by atoms with Gasteiger partial charge in [-0.2, -0.15) is 0 Å². The van der Waals surface area contributed by atoms with Gasteiger partial charge in [0.1, 0.15) is 0 Å². The van der Waals surface area contributed by atoms with Crippen LogP contribution in [0, 0.1) is 5.92 Å². The smallest absolute Gasteiger partial charge is 0.247 e. The zero-order chi connectivity index (χ0) is 10.7. The monoisotopic (exact) mass is 201 g/mol. The molecule has 1 saturated heterocycles. The van der Waals surface area contributed by atoms with Crippen LogP contribution in [-0.4, -0.2) is 12.5 Å². The number of amides is 1. The van der Waals surface area contributed by atoms with Crippen LogP contribution < -0.4 is 5.32 Å². The molecule has 1 N–H and O–H groups in total. The van der Waals surface area contributed by atoms with E-state index in [4.69, 9.17) is 0 Å². The average molecular weight is 201 g/mol. The number of hydrogen-bond acceptors (Lipinski definition) is 1. The van der Waals surface area contributed by atoms with Crippen molar-refractivity contribution >= 4 is 12.0 Å². The van der Waals surface area contributed by atoms with Crippen molar-refractivity contribution in [2.45, 2.75) is 13.3 Å². The van der Waals surface area contributed by atoms with Gasteiger partial charge in [0.05, 0.1) is 0 Å². The largest absolute Gasteiger partial charge is 0.352 e. The van der Waals surface area contributed by atoms with Crippen LogP contribution in [0.1, 0.15) is 18.9 Å². The molecule has 2 nitrogen and oxygen atoms in total. The Labute approximate surface area is 90.0 Å². The molecule has 0 saturated carbocycles. The highest BCUT2D eigenvalue weighted by Gasteiger charge is 2.21. The summed E-state index contributed by atoms with van der Waals surface area (Å²) in [5, 5.41) is 2.88. The standard InChI is InChI=1S/C13H15NO/c1-10-7-8-14-13(15)12(10)9-11-5-3-2-4-6-11/h2-6,9-10H,7-8H2,1H3,(H,14,15)/b12-9+. The van der Waals surface area contributed by atoms with Gasteiger partial charge in [0, 0.05) is 12.1 Å². The molecule has 1 aliphatic heterocycles. The fourth-order valence-electron chi connectivity index (χ4n) is 1.82.